The molecule has 5 rings (SSSR count). The quantitative estimate of drug-likeness (QED) is 0.397. The van der Waals surface area contributed by atoms with E-state index in [4.69, 9.17) is 16.3 Å². The zero-order chi connectivity index (χ0) is 31.2. The van der Waals surface area contributed by atoms with Crippen LogP contribution in [-0.2, 0) is 10.4 Å². The summed E-state index contributed by atoms with van der Waals surface area (Å²) in [4.78, 5) is 30.1. The van der Waals surface area contributed by atoms with Crippen LogP contribution < -0.4 is 9.64 Å². The lowest BCUT2D eigenvalue weighted by atomic mass is 9.62. The van der Waals surface area contributed by atoms with Crippen LogP contribution in [0.15, 0.2) is 42.5 Å². The Bertz CT molecular complexity index is 1460. The number of carbonyl (C=O) groups excluding carboxylic acids is 2. The summed E-state index contributed by atoms with van der Waals surface area (Å²) in [5.74, 6) is 4.95. The molecule has 1 aliphatic heterocycles. The third-order valence-electron chi connectivity index (χ3n) is 8.67. The van der Waals surface area contributed by atoms with Crippen LogP contribution in [0.1, 0.15) is 48.0 Å². The van der Waals surface area contributed by atoms with Gasteiger partial charge >= 0.3 is 6.18 Å². The summed E-state index contributed by atoms with van der Waals surface area (Å²) in [5.41, 5.74) is -3.21. The van der Waals surface area contributed by atoms with E-state index >= 15 is 0 Å². The summed E-state index contributed by atoms with van der Waals surface area (Å²) >= 11 is 6.41. The monoisotopic (exact) mass is 617 g/mol. The predicted molar refractivity (Wildman–Crippen MR) is 157 cm³/mol. The maximum Gasteiger partial charge on any atom is 0.430 e. The third kappa shape index (κ3) is 6.02. The van der Waals surface area contributed by atoms with Gasteiger partial charge in [-0.05, 0) is 62.4 Å². The lowest BCUT2D eigenvalue weighted by Gasteiger charge is -2.46. The molecule has 1 saturated heterocycles. The zero-order valence-corrected chi connectivity index (χ0v) is 25.1. The van der Waals surface area contributed by atoms with Gasteiger partial charge in [0.15, 0.2) is 0 Å². The highest BCUT2D eigenvalue weighted by Gasteiger charge is 2.62. The lowest BCUT2D eigenvalue weighted by molar-refractivity contribution is -0.261. The van der Waals surface area contributed by atoms with Gasteiger partial charge in [-0.25, -0.2) is 0 Å². The van der Waals surface area contributed by atoms with E-state index in [1.165, 1.54) is 24.1 Å². The third-order valence-corrected chi connectivity index (χ3v) is 8.98. The summed E-state index contributed by atoms with van der Waals surface area (Å²) in [6.07, 6.45) is -1.76. The molecule has 0 aromatic heterocycles. The molecule has 1 saturated carbocycles. The van der Waals surface area contributed by atoms with Gasteiger partial charge in [-0.1, -0.05) is 35.6 Å². The Kier molecular flexibility index (Phi) is 8.36. The first-order valence-corrected chi connectivity index (χ1v) is 14.7. The highest BCUT2D eigenvalue weighted by atomic mass is 35.5. The first-order valence-electron chi connectivity index (χ1n) is 14.4. The Labute approximate surface area is 254 Å². The van der Waals surface area contributed by atoms with Gasteiger partial charge in [0.2, 0.25) is 0 Å². The van der Waals surface area contributed by atoms with Crippen molar-refractivity contribution in [1.29, 1.82) is 0 Å². The molecule has 3 aliphatic rings. The van der Waals surface area contributed by atoms with Crippen LogP contribution in [-0.4, -0.2) is 79.8 Å². The fourth-order valence-corrected chi connectivity index (χ4v) is 6.02. The van der Waals surface area contributed by atoms with Crippen molar-refractivity contribution in [2.75, 3.05) is 45.7 Å². The van der Waals surface area contributed by atoms with Crippen molar-refractivity contribution in [3.63, 3.8) is 0 Å². The summed E-state index contributed by atoms with van der Waals surface area (Å²) in [6, 6.07) is 10.4. The van der Waals surface area contributed by atoms with Crippen LogP contribution in [0.25, 0.3) is 0 Å². The van der Waals surface area contributed by atoms with Crippen molar-refractivity contribution in [3.05, 3.63) is 58.6 Å². The Balaban J connectivity index is 1.20. The smallest absolute Gasteiger partial charge is 0.430 e. The molecule has 1 N–H and O–H groups in total. The van der Waals surface area contributed by atoms with E-state index in [1.807, 2.05) is 6.07 Å². The molecular weight excluding hydrogens is 583 g/mol. The predicted octanol–water partition coefficient (Wildman–Crippen LogP) is 5.10. The van der Waals surface area contributed by atoms with Gasteiger partial charge in [-0.2, -0.15) is 13.2 Å². The molecular formula is C32H35ClF3N3O4. The van der Waals surface area contributed by atoms with Gasteiger partial charge in [-0.15, -0.1) is 0 Å². The van der Waals surface area contributed by atoms with Crippen LogP contribution in [0.4, 0.5) is 18.9 Å². The number of carbonyl (C=O) groups is 2. The fourth-order valence-electron chi connectivity index (χ4n) is 5.76. The number of hydrogen-bond donors (Lipinski definition) is 1. The highest BCUT2D eigenvalue weighted by Crippen LogP contribution is 2.46. The Morgan fingerprint density at radius 3 is 2.37 bits per heavy atom. The number of hydrogen-bond acceptors (Lipinski definition) is 5. The normalized spacial score (nSPS) is 20.4. The number of rotatable bonds is 9. The van der Waals surface area contributed by atoms with Gasteiger partial charge in [0, 0.05) is 63.4 Å². The van der Waals surface area contributed by atoms with Crippen molar-refractivity contribution >= 4 is 29.1 Å². The number of piperidine rings is 1. The van der Waals surface area contributed by atoms with Crippen LogP contribution in [0.5, 0.6) is 5.75 Å². The number of benzene rings is 2. The van der Waals surface area contributed by atoms with Gasteiger partial charge in [0.25, 0.3) is 17.4 Å². The molecule has 1 spiro atoms. The average molecular weight is 618 g/mol. The standard InChI is InChI=1S/C32H35ClF3N3O4/c1-37(2)28(40)26-10-7-23(20-27(26)33)39-17-14-30(15-18-39)13-11-21(30)12-16-38(3)29(41)31(42,32(34,35)36)22-5-4-6-25(19-22)43-24-8-9-24/h4-7,10,19-21,24,42H,8-9,12,14-18H2,1-3H3. The molecule has 43 heavy (non-hydrogen) atoms. The molecule has 2 aliphatic carbocycles. The van der Waals surface area contributed by atoms with Crippen molar-refractivity contribution in [2.45, 2.75) is 50.0 Å². The number of likely N-dealkylation sites (N-methyl/N-ethyl adjacent to an activating group) is 1. The number of amides is 2. The molecule has 7 nitrogen and oxygen atoms in total. The fraction of sp³-hybridized carbons (Fsp3) is 0.500. The maximum atomic E-state index is 14.3. The van der Waals surface area contributed by atoms with Crippen molar-refractivity contribution in [3.8, 4) is 17.6 Å². The van der Waals surface area contributed by atoms with Crippen molar-refractivity contribution < 1.29 is 32.6 Å². The van der Waals surface area contributed by atoms with Crippen LogP contribution in [0.2, 0.25) is 5.02 Å². The van der Waals surface area contributed by atoms with Crippen molar-refractivity contribution in [2.24, 2.45) is 11.3 Å². The second-order valence-corrected chi connectivity index (χ2v) is 12.3. The molecule has 2 unspecified atom stereocenters. The molecule has 2 amide bonds. The minimum atomic E-state index is -5.23. The van der Waals surface area contributed by atoms with Crippen LogP contribution in [0, 0.1) is 23.2 Å². The number of alkyl halides is 3. The van der Waals surface area contributed by atoms with E-state index in [2.05, 4.69) is 16.7 Å². The Morgan fingerprint density at radius 2 is 1.81 bits per heavy atom. The first-order chi connectivity index (χ1) is 20.2. The van der Waals surface area contributed by atoms with Crippen LogP contribution in [0.3, 0.4) is 0 Å². The number of halogens is 4. The minimum absolute atomic E-state index is 0.0112. The molecule has 2 aromatic carbocycles. The number of anilines is 1. The Morgan fingerprint density at radius 1 is 1.12 bits per heavy atom. The number of ether oxygens (including phenoxy) is 1. The maximum absolute atomic E-state index is 14.3. The SMILES string of the molecule is CN(C)C(=O)c1ccc(N2CCC3(C#CC3CCN(C)C(=O)C(O)(c3cccc(OC4CC4)c3)C(F)(F)F)CC2)cc1Cl. The summed E-state index contributed by atoms with van der Waals surface area (Å²) in [7, 11) is 4.61. The van der Waals surface area contributed by atoms with Gasteiger partial charge in [0.05, 0.1) is 16.7 Å². The summed E-state index contributed by atoms with van der Waals surface area (Å²) in [6.45, 7) is 1.41. The van der Waals surface area contributed by atoms with Gasteiger partial charge in [-0.3, -0.25) is 9.59 Å². The van der Waals surface area contributed by atoms with E-state index in [0.29, 0.717) is 30.1 Å². The second-order valence-electron chi connectivity index (χ2n) is 11.9. The van der Waals surface area contributed by atoms with E-state index in [9.17, 15) is 27.9 Å². The van der Waals surface area contributed by atoms with E-state index in [1.54, 1.807) is 26.2 Å². The lowest BCUT2D eigenvalue weighted by Crippen LogP contribution is -2.55. The molecule has 2 atom stereocenters. The Hall–Kier alpha value is -3.42. The summed E-state index contributed by atoms with van der Waals surface area (Å²) < 4.78 is 48.4. The van der Waals surface area contributed by atoms with E-state index in [0.717, 1.165) is 48.4 Å². The minimum Gasteiger partial charge on any atom is -0.490 e. The number of aliphatic hydroxyl groups is 1. The highest BCUT2D eigenvalue weighted by molar-refractivity contribution is 6.34. The molecule has 2 aromatic rings. The number of nitrogens with zero attached hydrogens (tertiary/aromatic N) is 3. The first kappa shape index (κ1) is 31.0. The van der Waals surface area contributed by atoms with E-state index < -0.39 is 23.2 Å². The molecule has 1 heterocycles. The average Bonchev–Trinajstić information content (AvgIpc) is 3.78. The van der Waals surface area contributed by atoms with Crippen molar-refractivity contribution in [1.82, 2.24) is 9.80 Å². The zero-order valence-electron chi connectivity index (χ0n) is 24.4. The molecule has 0 radical (unpaired) electrons. The van der Waals surface area contributed by atoms with E-state index in [-0.39, 0.29) is 35.6 Å². The van der Waals surface area contributed by atoms with Gasteiger partial charge < -0.3 is 24.5 Å². The van der Waals surface area contributed by atoms with Gasteiger partial charge in [0.1, 0.15) is 5.75 Å². The van der Waals surface area contributed by atoms with Crippen LogP contribution >= 0.6 is 11.6 Å². The topological polar surface area (TPSA) is 73.3 Å². The second kappa shape index (κ2) is 11.6. The molecule has 11 heteroatoms. The summed E-state index contributed by atoms with van der Waals surface area (Å²) in [5, 5.41) is 11.3. The molecule has 2 fully saturated rings. The largest absolute Gasteiger partial charge is 0.490 e. The molecule has 0 bridgehead atoms. The molecule has 230 valence electrons.